The smallest absolute Gasteiger partial charge is 0.323 e. The number of hydrogen-bond donors (Lipinski definition) is 2. The van der Waals surface area contributed by atoms with Crippen molar-refractivity contribution in [3.63, 3.8) is 0 Å². The van der Waals surface area contributed by atoms with Crippen LogP contribution < -0.4 is 10.1 Å². The molecule has 0 bridgehead atoms. The summed E-state index contributed by atoms with van der Waals surface area (Å²) in [5, 5.41) is 12.5. The first kappa shape index (κ1) is 37.4. The summed E-state index contributed by atoms with van der Waals surface area (Å²) in [5.41, 5.74) is 5.97. The van der Waals surface area contributed by atoms with Gasteiger partial charge in [-0.2, -0.15) is 0 Å². The van der Waals surface area contributed by atoms with Crippen LogP contribution in [0.4, 0.5) is 5.69 Å². The van der Waals surface area contributed by atoms with E-state index in [-0.39, 0.29) is 12.5 Å². The molecule has 2 N–H and O–H groups in total. The van der Waals surface area contributed by atoms with Gasteiger partial charge in [-0.1, -0.05) is 68.7 Å². The van der Waals surface area contributed by atoms with Crippen molar-refractivity contribution in [2.45, 2.75) is 77.7 Å². The Morgan fingerprint density at radius 1 is 0.830 bits per heavy atom. The van der Waals surface area contributed by atoms with Crippen molar-refractivity contribution in [1.29, 1.82) is 0 Å². The van der Waals surface area contributed by atoms with Gasteiger partial charge in [0.15, 0.2) is 5.82 Å². The van der Waals surface area contributed by atoms with Crippen molar-refractivity contribution in [2.75, 3.05) is 19.0 Å². The summed E-state index contributed by atoms with van der Waals surface area (Å²) in [6.07, 6.45) is 17.5. The van der Waals surface area contributed by atoms with Crippen LogP contribution in [0.15, 0.2) is 91.3 Å². The molecule has 0 saturated heterocycles. The number of carboxylic acid groups (broad SMARTS) is 1. The van der Waals surface area contributed by atoms with Gasteiger partial charge in [0.05, 0.1) is 7.11 Å². The van der Waals surface area contributed by atoms with Crippen molar-refractivity contribution in [1.82, 2.24) is 14.9 Å². The van der Waals surface area contributed by atoms with Crippen molar-refractivity contribution in [3.8, 4) is 17.1 Å². The fourth-order valence-corrected chi connectivity index (χ4v) is 7.75. The van der Waals surface area contributed by atoms with Crippen molar-refractivity contribution >= 4 is 29.0 Å². The highest BCUT2D eigenvalue weighted by Gasteiger charge is 2.28. The van der Waals surface area contributed by atoms with E-state index in [4.69, 9.17) is 4.74 Å². The summed E-state index contributed by atoms with van der Waals surface area (Å²) in [4.78, 5) is 48.4. The van der Waals surface area contributed by atoms with Gasteiger partial charge in [0, 0.05) is 47.7 Å². The van der Waals surface area contributed by atoms with Crippen LogP contribution in [-0.2, 0) is 22.6 Å². The van der Waals surface area contributed by atoms with E-state index in [1.807, 2.05) is 60.9 Å². The number of aliphatic carboxylic acids is 1. The topological polar surface area (TPSA) is 122 Å². The summed E-state index contributed by atoms with van der Waals surface area (Å²) < 4.78 is 5.18. The Bertz CT molecular complexity index is 1860. The Morgan fingerprint density at radius 2 is 1.51 bits per heavy atom. The molecule has 4 aromatic rings. The van der Waals surface area contributed by atoms with Crippen molar-refractivity contribution < 1.29 is 24.2 Å². The maximum absolute atomic E-state index is 13.4. The van der Waals surface area contributed by atoms with E-state index in [0.29, 0.717) is 29.9 Å². The Kier molecular flexibility index (Phi) is 12.7. The molecule has 1 saturated carbocycles. The number of carbonyl (C=O) groups excluding carboxylic acids is 2. The number of amides is 2. The summed E-state index contributed by atoms with van der Waals surface area (Å²) in [6.45, 7) is 1.99. The summed E-state index contributed by atoms with van der Waals surface area (Å²) >= 11 is 0. The van der Waals surface area contributed by atoms with Crippen LogP contribution in [0.25, 0.3) is 17.0 Å². The predicted molar refractivity (Wildman–Crippen MR) is 207 cm³/mol. The molecule has 9 heteroatoms. The number of carboxylic acids is 1. The lowest BCUT2D eigenvalue weighted by Gasteiger charge is -2.35. The SMILES string of the molecule is CC[C@H]1CC[C@H](C2CC=C(c3cnc(-c4ccc(CN(CC(=O)O)C(=O)c5ccc(NC(=O)CCc6ccc(OC)cc6)cc5)cc4)nc3)CC2)CC1. The quantitative estimate of drug-likeness (QED) is 0.134. The van der Waals surface area contributed by atoms with Crippen LogP contribution in [-0.4, -0.2) is 51.4 Å². The summed E-state index contributed by atoms with van der Waals surface area (Å²) in [5.74, 6) is 2.33. The number of rotatable bonds is 14. The first-order valence-corrected chi connectivity index (χ1v) is 18.9. The molecule has 1 fully saturated rings. The van der Waals surface area contributed by atoms with Crippen LogP contribution >= 0.6 is 0 Å². The number of methoxy groups -OCH3 is 1. The molecule has 276 valence electrons. The number of benzene rings is 3. The maximum atomic E-state index is 13.4. The zero-order chi connectivity index (χ0) is 37.2. The number of allylic oxidation sites excluding steroid dienone is 2. The number of anilines is 1. The largest absolute Gasteiger partial charge is 0.497 e. The maximum Gasteiger partial charge on any atom is 0.323 e. The fraction of sp³-hybridized carbons (Fsp3) is 0.386. The molecule has 2 amide bonds. The lowest BCUT2D eigenvalue weighted by atomic mass is 9.71. The van der Waals surface area contributed by atoms with Gasteiger partial charge in [0.1, 0.15) is 12.3 Å². The molecule has 3 aromatic carbocycles. The molecule has 6 rings (SSSR count). The molecule has 1 atom stereocenters. The molecular weight excluding hydrogens is 665 g/mol. The molecule has 1 heterocycles. The number of nitrogens with zero attached hydrogens (tertiary/aromatic N) is 3. The molecule has 1 aromatic heterocycles. The number of aryl methyl sites for hydroxylation is 1. The van der Waals surface area contributed by atoms with Gasteiger partial charge in [-0.05, 0) is 109 Å². The minimum Gasteiger partial charge on any atom is -0.497 e. The number of nitrogens with one attached hydrogen (secondary N) is 1. The number of aromatic nitrogens is 2. The van der Waals surface area contributed by atoms with E-state index < -0.39 is 18.4 Å². The van der Waals surface area contributed by atoms with Crippen LogP contribution in [0, 0.1) is 17.8 Å². The zero-order valence-electron chi connectivity index (χ0n) is 30.8. The molecule has 2 aliphatic carbocycles. The summed E-state index contributed by atoms with van der Waals surface area (Å²) in [7, 11) is 1.61. The Balaban J connectivity index is 1.01. The molecular formula is C44H50N4O5. The van der Waals surface area contributed by atoms with Crippen molar-refractivity contribution in [2.24, 2.45) is 17.8 Å². The first-order chi connectivity index (χ1) is 25.8. The van der Waals surface area contributed by atoms with E-state index >= 15 is 0 Å². The lowest BCUT2D eigenvalue weighted by Crippen LogP contribution is -2.35. The van der Waals surface area contributed by atoms with Crippen molar-refractivity contribution in [3.05, 3.63) is 114 Å². The number of ether oxygens (including phenoxy) is 1. The fourth-order valence-electron chi connectivity index (χ4n) is 7.75. The normalized spacial score (nSPS) is 18.5. The molecule has 0 aliphatic heterocycles. The molecule has 0 spiro atoms. The van der Waals surface area contributed by atoms with E-state index in [0.717, 1.165) is 58.6 Å². The second-order valence-corrected chi connectivity index (χ2v) is 14.5. The summed E-state index contributed by atoms with van der Waals surface area (Å²) in [6, 6.07) is 21.6. The highest BCUT2D eigenvalue weighted by Crippen LogP contribution is 2.41. The minimum atomic E-state index is -1.10. The van der Waals surface area contributed by atoms with Gasteiger partial charge in [-0.25, -0.2) is 9.97 Å². The Labute approximate surface area is 312 Å². The van der Waals surface area contributed by atoms with E-state index in [1.54, 1.807) is 31.4 Å². The minimum absolute atomic E-state index is 0.115. The predicted octanol–water partition coefficient (Wildman–Crippen LogP) is 8.85. The third-order valence-electron chi connectivity index (χ3n) is 11.0. The zero-order valence-corrected chi connectivity index (χ0v) is 30.8. The van der Waals surface area contributed by atoms with Gasteiger partial charge < -0.3 is 20.1 Å². The van der Waals surface area contributed by atoms with Crippen LogP contribution in [0.3, 0.4) is 0 Å². The second-order valence-electron chi connectivity index (χ2n) is 14.5. The molecule has 53 heavy (non-hydrogen) atoms. The highest BCUT2D eigenvalue weighted by molar-refractivity contribution is 5.97. The van der Waals surface area contributed by atoms with Gasteiger partial charge in [-0.3, -0.25) is 14.4 Å². The number of carbonyl (C=O) groups is 3. The average Bonchev–Trinajstić information content (AvgIpc) is 3.20. The molecule has 2 aliphatic rings. The molecule has 9 nitrogen and oxygen atoms in total. The van der Waals surface area contributed by atoms with E-state index in [1.165, 1.54) is 49.0 Å². The first-order valence-electron chi connectivity index (χ1n) is 18.9. The third kappa shape index (κ3) is 10.2. The van der Waals surface area contributed by atoms with Gasteiger partial charge in [0.25, 0.3) is 5.91 Å². The van der Waals surface area contributed by atoms with E-state index in [2.05, 4.69) is 28.3 Å². The average molecular weight is 715 g/mol. The van der Waals surface area contributed by atoms with Crippen LogP contribution in [0.1, 0.15) is 91.8 Å². The lowest BCUT2D eigenvalue weighted by molar-refractivity contribution is -0.137. The third-order valence-corrected chi connectivity index (χ3v) is 11.0. The van der Waals surface area contributed by atoms with Gasteiger partial charge in [0.2, 0.25) is 5.91 Å². The Morgan fingerprint density at radius 3 is 2.11 bits per heavy atom. The monoisotopic (exact) mass is 714 g/mol. The second kappa shape index (κ2) is 17.9. The molecule has 0 radical (unpaired) electrons. The Hall–Kier alpha value is -5.31. The standard InChI is InChI=1S/C44H50N4O5/c1-3-30-4-11-33(12-5-30)34-15-17-35(18-16-34)38-26-45-43(46-27-38)36-13-6-32(7-14-36)28-48(29-42(50)51)44(52)37-19-21-39(22-20-37)47-41(49)25-10-31-8-23-40(53-2)24-9-31/h6-9,13-14,17,19-24,26-27,30,33-34H,3-5,10-12,15-16,18,25,28-29H2,1-2H3,(H,47,49)(H,50,51)/t30-,33-,34?. The highest BCUT2D eigenvalue weighted by atomic mass is 16.5. The molecule has 1 unspecified atom stereocenters. The van der Waals surface area contributed by atoms with E-state index in [9.17, 15) is 19.5 Å². The van der Waals surface area contributed by atoms with Gasteiger partial charge in [-0.15, -0.1) is 0 Å². The van der Waals surface area contributed by atoms with Crippen LogP contribution in [0.5, 0.6) is 5.75 Å². The van der Waals surface area contributed by atoms with Gasteiger partial charge >= 0.3 is 5.97 Å². The van der Waals surface area contributed by atoms with Crippen LogP contribution in [0.2, 0.25) is 0 Å². The number of hydrogen-bond acceptors (Lipinski definition) is 6.